The summed E-state index contributed by atoms with van der Waals surface area (Å²) in [6, 6.07) is 3.93. The van der Waals surface area contributed by atoms with Gasteiger partial charge in [0.25, 0.3) is 0 Å². The number of nitriles is 1. The number of esters is 1. The third-order valence-electron chi connectivity index (χ3n) is 2.12. The molecule has 0 spiro atoms. The van der Waals surface area contributed by atoms with Gasteiger partial charge in [0, 0.05) is 0 Å². The average Bonchev–Trinajstić information content (AvgIpc) is 2.37. The number of hydrogen-bond acceptors (Lipinski definition) is 5. The van der Waals surface area contributed by atoms with Gasteiger partial charge in [-0.05, 0) is 19.1 Å². The summed E-state index contributed by atoms with van der Waals surface area (Å²) >= 11 is 0. The van der Waals surface area contributed by atoms with E-state index in [2.05, 4.69) is 4.74 Å². The van der Waals surface area contributed by atoms with Crippen molar-refractivity contribution in [1.82, 2.24) is 0 Å². The Balaban J connectivity index is 3.30. The van der Waals surface area contributed by atoms with Gasteiger partial charge in [-0.3, -0.25) is 0 Å². The van der Waals surface area contributed by atoms with E-state index in [1.54, 1.807) is 13.0 Å². The molecule has 0 aliphatic carbocycles. The topological polar surface area (TPSA) is 68.5 Å². The summed E-state index contributed by atoms with van der Waals surface area (Å²) in [7, 11) is 1.25. The van der Waals surface area contributed by atoms with Crippen molar-refractivity contribution in [3.05, 3.63) is 23.3 Å². The van der Waals surface area contributed by atoms with Gasteiger partial charge < -0.3 is 14.2 Å². The number of nitrogens with zero attached hydrogens (tertiary/aromatic N) is 1. The van der Waals surface area contributed by atoms with Gasteiger partial charge in [0.1, 0.15) is 23.1 Å². The van der Waals surface area contributed by atoms with E-state index in [0.717, 1.165) is 6.07 Å². The van der Waals surface area contributed by atoms with E-state index in [9.17, 15) is 13.6 Å². The van der Waals surface area contributed by atoms with Gasteiger partial charge in [0.15, 0.2) is 0 Å². The molecule has 0 atom stereocenters. The highest BCUT2D eigenvalue weighted by molar-refractivity contribution is 5.91. The van der Waals surface area contributed by atoms with Crippen LogP contribution in [0.2, 0.25) is 0 Å². The zero-order valence-corrected chi connectivity index (χ0v) is 10.3. The standard InChI is InChI=1S/C12H11F2NO4/c1-3-18-11(16)7-4-9(17-2)8(6-15)10(5-7)19-12(13)14/h4-5,12H,3H2,1-2H3. The Morgan fingerprint density at radius 2 is 2.05 bits per heavy atom. The fraction of sp³-hybridized carbons (Fsp3) is 0.333. The lowest BCUT2D eigenvalue weighted by Gasteiger charge is -2.12. The van der Waals surface area contributed by atoms with Crippen molar-refractivity contribution in [2.75, 3.05) is 13.7 Å². The van der Waals surface area contributed by atoms with E-state index >= 15 is 0 Å². The predicted molar refractivity (Wildman–Crippen MR) is 60.3 cm³/mol. The minimum atomic E-state index is -3.12. The lowest BCUT2D eigenvalue weighted by atomic mass is 10.1. The van der Waals surface area contributed by atoms with E-state index in [4.69, 9.17) is 14.7 Å². The quantitative estimate of drug-likeness (QED) is 0.769. The van der Waals surface area contributed by atoms with Crippen LogP contribution in [0, 0.1) is 11.3 Å². The van der Waals surface area contributed by atoms with Crippen LogP contribution >= 0.6 is 0 Å². The van der Waals surface area contributed by atoms with Crippen molar-refractivity contribution in [2.45, 2.75) is 13.5 Å². The van der Waals surface area contributed by atoms with Crippen LogP contribution in [0.15, 0.2) is 12.1 Å². The van der Waals surface area contributed by atoms with Crippen LogP contribution in [0.1, 0.15) is 22.8 Å². The highest BCUT2D eigenvalue weighted by atomic mass is 19.3. The van der Waals surface area contributed by atoms with Crippen molar-refractivity contribution in [3.63, 3.8) is 0 Å². The zero-order chi connectivity index (χ0) is 14.4. The van der Waals surface area contributed by atoms with Gasteiger partial charge in [-0.15, -0.1) is 0 Å². The molecular formula is C12H11F2NO4. The molecule has 0 heterocycles. The maximum absolute atomic E-state index is 12.3. The van der Waals surface area contributed by atoms with Crippen molar-refractivity contribution >= 4 is 5.97 Å². The number of alkyl halides is 2. The largest absolute Gasteiger partial charge is 0.495 e. The summed E-state index contributed by atoms with van der Waals surface area (Å²) in [5.41, 5.74) is -0.246. The number of benzene rings is 1. The zero-order valence-electron chi connectivity index (χ0n) is 10.3. The van der Waals surface area contributed by atoms with Gasteiger partial charge in [-0.2, -0.15) is 14.0 Å². The summed E-state index contributed by atoms with van der Waals surface area (Å²) < 4.78 is 38.3. The summed E-state index contributed by atoms with van der Waals surface area (Å²) in [5, 5.41) is 8.91. The third-order valence-corrected chi connectivity index (χ3v) is 2.12. The molecule has 0 aliphatic rings. The fourth-order valence-electron chi connectivity index (χ4n) is 1.38. The minimum Gasteiger partial charge on any atom is -0.495 e. The Bertz CT molecular complexity index is 511. The summed E-state index contributed by atoms with van der Waals surface area (Å²) in [6.45, 7) is -1.38. The van der Waals surface area contributed by atoms with Crippen LogP contribution in [0.25, 0.3) is 0 Å². The number of halogens is 2. The predicted octanol–water partition coefficient (Wildman–Crippen LogP) is 2.34. The van der Waals surface area contributed by atoms with Crippen LogP contribution in [0.3, 0.4) is 0 Å². The number of ether oxygens (including phenoxy) is 3. The monoisotopic (exact) mass is 271 g/mol. The minimum absolute atomic E-state index is 0.0339. The lowest BCUT2D eigenvalue weighted by molar-refractivity contribution is -0.0502. The van der Waals surface area contributed by atoms with Gasteiger partial charge in [-0.1, -0.05) is 0 Å². The first kappa shape index (κ1) is 14.7. The number of hydrogen-bond donors (Lipinski definition) is 0. The molecule has 0 saturated heterocycles. The molecule has 1 aromatic rings. The van der Waals surface area contributed by atoms with E-state index in [0.29, 0.717) is 0 Å². The van der Waals surface area contributed by atoms with Crippen LogP contribution in [0.4, 0.5) is 8.78 Å². The van der Waals surface area contributed by atoms with E-state index in [1.165, 1.54) is 13.2 Å². The number of methoxy groups -OCH3 is 1. The first-order valence-corrected chi connectivity index (χ1v) is 5.27. The molecule has 0 aromatic heterocycles. The molecule has 0 aliphatic heterocycles. The molecule has 0 amide bonds. The first-order valence-electron chi connectivity index (χ1n) is 5.27. The number of carbonyl (C=O) groups excluding carboxylic acids is 1. The molecular weight excluding hydrogens is 260 g/mol. The van der Waals surface area contributed by atoms with Crippen LogP contribution in [-0.4, -0.2) is 26.3 Å². The second-order valence-corrected chi connectivity index (χ2v) is 3.26. The van der Waals surface area contributed by atoms with Crippen LogP contribution in [0.5, 0.6) is 11.5 Å². The van der Waals surface area contributed by atoms with Crippen molar-refractivity contribution in [3.8, 4) is 17.6 Å². The van der Waals surface area contributed by atoms with E-state index < -0.39 is 18.3 Å². The Morgan fingerprint density at radius 1 is 1.42 bits per heavy atom. The molecule has 0 radical (unpaired) electrons. The lowest BCUT2D eigenvalue weighted by Crippen LogP contribution is -2.09. The molecule has 0 saturated carbocycles. The second kappa shape index (κ2) is 6.54. The van der Waals surface area contributed by atoms with Crippen LogP contribution < -0.4 is 9.47 Å². The summed E-state index contributed by atoms with van der Waals surface area (Å²) in [4.78, 5) is 11.5. The van der Waals surface area contributed by atoms with Gasteiger partial charge in [0.2, 0.25) is 0 Å². The Labute approximate surface area is 108 Å². The van der Waals surface area contributed by atoms with Crippen molar-refractivity contribution in [2.24, 2.45) is 0 Å². The number of rotatable bonds is 5. The molecule has 19 heavy (non-hydrogen) atoms. The molecule has 5 nitrogen and oxygen atoms in total. The van der Waals surface area contributed by atoms with Crippen molar-refractivity contribution < 1.29 is 27.8 Å². The van der Waals surface area contributed by atoms with Gasteiger partial charge >= 0.3 is 12.6 Å². The second-order valence-electron chi connectivity index (χ2n) is 3.26. The molecule has 0 N–H and O–H groups in total. The van der Waals surface area contributed by atoms with Gasteiger partial charge in [0.05, 0.1) is 19.3 Å². The molecule has 0 unspecified atom stereocenters. The highest BCUT2D eigenvalue weighted by Crippen LogP contribution is 2.31. The van der Waals surface area contributed by atoms with E-state index in [-0.39, 0.29) is 23.5 Å². The molecule has 7 heteroatoms. The Kier molecular flexibility index (Phi) is 5.06. The number of carbonyl (C=O) groups is 1. The molecule has 1 rings (SSSR count). The Morgan fingerprint density at radius 3 is 2.53 bits per heavy atom. The van der Waals surface area contributed by atoms with Gasteiger partial charge in [-0.25, -0.2) is 4.79 Å². The van der Waals surface area contributed by atoms with Crippen molar-refractivity contribution in [1.29, 1.82) is 5.26 Å². The smallest absolute Gasteiger partial charge is 0.387 e. The van der Waals surface area contributed by atoms with Crippen LogP contribution in [-0.2, 0) is 4.74 Å². The molecule has 102 valence electrons. The SMILES string of the molecule is CCOC(=O)c1cc(OC)c(C#N)c(OC(F)F)c1. The molecule has 0 bridgehead atoms. The highest BCUT2D eigenvalue weighted by Gasteiger charge is 2.19. The normalized spacial score (nSPS) is 9.89. The third kappa shape index (κ3) is 3.55. The maximum Gasteiger partial charge on any atom is 0.387 e. The maximum atomic E-state index is 12.3. The summed E-state index contributed by atoms with van der Waals surface area (Å²) in [6.07, 6.45) is 0. The average molecular weight is 271 g/mol. The van der Waals surface area contributed by atoms with E-state index in [1.807, 2.05) is 0 Å². The summed E-state index contributed by atoms with van der Waals surface area (Å²) in [5.74, 6) is -1.19. The fourth-order valence-corrected chi connectivity index (χ4v) is 1.38. The Hall–Kier alpha value is -2.36. The molecule has 1 aromatic carbocycles. The first-order chi connectivity index (χ1) is 9.03. The molecule has 0 fully saturated rings.